The van der Waals surface area contributed by atoms with Crippen molar-refractivity contribution in [3.8, 4) is 5.75 Å². The number of amidine groups is 1. The first-order valence-corrected chi connectivity index (χ1v) is 7.28. The molecular formula is C14H18N4O2S. The van der Waals surface area contributed by atoms with Crippen LogP contribution in [0.1, 0.15) is 16.8 Å². The maximum Gasteiger partial charge on any atom is 0.170 e. The highest BCUT2D eigenvalue weighted by molar-refractivity contribution is 7.07. The van der Waals surface area contributed by atoms with E-state index in [9.17, 15) is 0 Å². The zero-order chi connectivity index (χ0) is 15.2. The van der Waals surface area contributed by atoms with Gasteiger partial charge in [-0.05, 0) is 25.2 Å². The summed E-state index contributed by atoms with van der Waals surface area (Å²) in [6.07, 6.45) is 0. The molecule has 2 rings (SSSR count). The van der Waals surface area contributed by atoms with E-state index in [1.54, 1.807) is 24.5 Å². The van der Waals surface area contributed by atoms with Gasteiger partial charge in [-0.3, -0.25) is 4.90 Å². The minimum atomic E-state index is 0.0843. The van der Waals surface area contributed by atoms with Crippen LogP contribution in [0.4, 0.5) is 0 Å². The molecule has 3 N–H and O–H groups in total. The average Bonchev–Trinajstić information content (AvgIpc) is 2.99. The van der Waals surface area contributed by atoms with E-state index in [1.807, 2.05) is 30.1 Å². The van der Waals surface area contributed by atoms with Gasteiger partial charge in [0, 0.05) is 29.6 Å². The highest BCUT2D eigenvalue weighted by atomic mass is 32.1. The van der Waals surface area contributed by atoms with E-state index in [-0.39, 0.29) is 5.84 Å². The van der Waals surface area contributed by atoms with E-state index in [0.29, 0.717) is 12.1 Å². The van der Waals surface area contributed by atoms with E-state index in [4.69, 9.17) is 15.7 Å². The van der Waals surface area contributed by atoms with Crippen LogP contribution < -0.4 is 10.5 Å². The largest absolute Gasteiger partial charge is 0.496 e. The topological polar surface area (TPSA) is 84.0 Å². The number of rotatable bonds is 6. The first-order valence-electron chi connectivity index (χ1n) is 6.34. The lowest BCUT2D eigenvalue weighted by Crippen LogP contribution is -2.19. The number of nitrogens with zero attached hydrogens (tertiary/aromatic N) is 3. The Labute approximate surface area is 127 Å². The lowest BCUT2D eigenvalue weighted by Gasteiger charge is -2.18. The number of ether oxygens (including phenoxy) is 1. The Balaban J connectivity index is 2.16. The minimum Gasteiger partial charge on any atom is -0.496 e. The summed E-state index contributed by atoms with van der Waals surface area (Å²) in [7, 11) is 3.64. The van der Waals surface area contributed by atoms with E-state index in [2.05, 4.69) is 15.0 Å². The first kappa shape index (κ1) is 15.3. The Morgan fingerprint density at radius 2 is 2.29 bits per heavy atom. The normalized spacial score (nSPS) is 11.9. The molecule has 0 spiro atoms. The number of thiazole rings is 1. The van der Waals surface area contributed by atoms with Crippen LogP contribution in [-0.2, 0) is 13.1 Å². The molecule has 112 valence electrons. The fourth-order valence-electron chi connectivity index (χ4n) is 2.06. The van der Waals surface area contributed by atoms with Gasteiger partial charge in [0.05, 0.1) is 18.3 Å². The van der Waals surface area contributed by atoms with Crippen molar-refractivity contribution in [1.29, 1.82) is 0 Å². The van der Waals surface area contributed by atoms with Gasteiger partial charge in [0.25, 0.3) is 0 Å². The molecule has 7 heteroatoms. The predicted octanol–water partition coefficient (Wildman–Crippen LogP) is 1.88. The summed E-state index contributed by atoms with van der Waals surface area (Å²) in [5.41, 5.74) is 10.1. The van der Waals surface area contributed by atoms with Crippen LogP contribution in [0.2, 0.25) is 0 Å². The lowest BCUT2D eigenvalue weighted by atomic mass is 10.1. The number of nitrogens with two attached hydrogens (primary N) is 1. The molecular weight excluding hydrogens is 288 g/mol. The molecule has 0 aliphatic heterocycles. The highest BCUT2D eigenvalue weighted by Crippen LogP contribution is 2.22. The van der Waals surface area contributed by atoms with Gasteiger partial charge in [0.15, 0.2) is 5.84 Å². The summed E-state index contributed by atoms with van der Waals surface area (Å²) in [5.74, 6) is 0.857. The van der Waals surface area contributed by atoms with Crippen molar-refractivity contribution in [3.63, 3.8) is 0 Å². The SMILES string of the molecule is COc1ccc(/C(N)=N/O)cc1CN(C)Cc1cscn1. The molecule has 0 unspecified atom stereocenters. The standard InChI is InChI=1S/C14H18N4O2S/c1-18(7-12-8-21-9-16-12)6-11-5-10(14(15)17-19)3-4-13(11)20-2/h3-5,8-9,19H,6-7H2,1-2H3,(H2,15,17). The molecule has 1 heterocycles. The molecule has 0 fully saturated rings. The zero-order valence-electron chi connectivity index (χ0n) is 12.0. The van der Waals surface area contributed by atoms with E-state index >= 15 is 0 Å². The Morgan fingerprint density at radius 1 is 1.48 bits per heavy atom. The second-order valence-corrected chi connectivity index (χ2v) is 5.38. The van der Waals surface area contributed by atoms with Crippen molar-refractivity contribution in [2.24, 2.45) is 10.9 Å². The third-order valence-electron chi connectivity index (χ3n) is 3.04. The van der Waals surface area contributed by atoms with Crippen molar-refractivity contribution in [2.75, 3.05) is 14.2 Å². The third kappa shape index (κ3) is 3.93. The van der Waals surface area contributed by atoms with Gasteiger partial charge >= 0.3 is 0 Å². The third-order valence-corrected chi connectivity index (χ3v) is 3.67. The smallest absolute Gasteiger partial charge is 0.170 e. The van der Waals surface area contributed by atoms with Gasteiger partial charge in [-0.2, -0.15) is 0 Å². The quantitative estimate of drug-likeness (QED) is 0.368. The van der Waals surface area contributed by atoms with Crippen molar-refractivity contribution in [2.45, 2.75) is 13.1 Å². The van der Waals surface area contributed by atoms with Crippen LogP contribution in [-0.4, -0.2) is 35.1 Å². The number of aromatic nitrogens is 1. The van der Waals surface area contributed by atoms with Crippen LogP contribution >= 0.6 is 11.3 Å². The summed E-state index contributed by atoms with van der Waals surface area (Å²) in [5, 5.41) is 13.8. The van der Waals surface area contributed by atoms with Crippen LogP contribution in [0.3, 0.4) is 0 Å². The van der Waals surface area contributed by atoms with Gasteiger partial charge in [0.2, 0.25) is 0 Å². The monoisotopic (exact) mass is 306 g/mol. The van der Waals surface area contributed by atoms with Gasteiger partial charge in [0.1, 0.15) is 5.75 Å². The molecule has 1 aromatic heterocycles. The summed E-state index contributed by atoms with van der Waals surface area (Å²) in [6.45, 7) is 1.42. The highest BCUT2D eigenvalue weighted by Gasteiger charge is 2.10. The molecule has 0 saturated carbocycles. The molecule has 0 amide bonds. The van der Waals surface area contributed by atoms with Crippen LogP contribution in [0.15, 0.2) is 34.2 Å². The van der Waals surface area contributed by atoms with Gasteiger partial charge in [-0.25, -0.2) is 4.98 Å². The van der Waals surface area contributed by atoms with Crippen LogP contribution in [0.5, 0.6) is 5.75 Å². The Kier molecular flexibility index (Phi) is 5.13. The molecule has 0 radical (unpaired) electrons. The second kappa shape index (κ2) is 7.05. The Morgan fingerprint density at radius 3 is 2.90 bits per heavy atom. The molecule has 21 heavy (non-hydrogen) atoms. The molecule has 0 saturated heterocycles. The Hall–Kier alpha value is -2.12. The number of hydrogen-bond acceptors (Lipinski definition) is 6. The molecule has 1 aromatic carbocycles. The summed E-state index contributed by atoms with van der Waals surface area (Å²) < 4.78 is 5.37. The molecule has 0 aliphatic carbocycles. The number of methoxy groups -OCH3 is 1. The molecule has 0 atom stereocenters. The maximum absolute atomic E-state index is 8.77. The van der Waals surface area contributed by atoms with Crippen LogP contribution in [0, 0.1) is 0 Å². The molecule has 6 nitrogen and oxygen atoms in total. The number of benzene rings is 1. The average molecular weight is 306 g/mol. The van der Waals surface area contributed by atoms with E-state index in [0.717, 1.165) is 23.6 Å². The molecule has 0 bridgehead atoms. The van der Waals surface area contributed by atoms with Crippen LogP contribution in [0.25, 0.3) is 0 Å². The first-order chi connectivity index (χ1) is 10.1. The lowest BCUT2D eigenvalue weighted by molar-refractivity contribution is 0.307. The minimum absolute atomic E-state index is 0.0843. The van der Waals surface area contributed by atoms with Crippen molar-refractivity contribution in [3.05, 3.63) is 45.9 Å². The van der Waals surface area contributed by atoms with E-state index < -0.39 is 0 Å². The van der Waals surface area contributed by atoms with Crippen molar-refractivity contribution >= 4 is 17.2 Å². The molecule has 2 aromatic rings. The van der Waals surface area contributed by atoms with Gasteiger partial charge < -0.3 is 15.7 Å². The zero-order valence-corrected chi connectivity index (χ0v) is 12.8. The maximum atomic E-state index is 8.77. The van der Waals surface area contributed by atoms with Crippen molar-refractivity contribution < 1.29 is 9.94 Å². The summed E-state index contributed by atoms with van der Waals surface area (Å²) in [6, 6.07) is 5.45. The Bertz CT molecular complexity index is 613. The van der Waals surface area contributed by atoms with E-state index in [1.165, 1.54) is 0 Å². The second-order valence-electron chi connectivity index (χ2n) is 4.66. The number of hydrogen-bond donors (Lipinski definition) is 2. The fourth-order valence-corrected chi connectivity index (χ4v) is 2.61. The van der Waals surface area contributed by atoms with Crippen molar-refractivity contribution in [1.82, 2.24) is 9.88 Å². The summed E-state index contributed by atoms with van der Waals surface area (Å²) in [4.78, 5) is 6.40. The predicted molar refractivity (Wildman–Crippen MR) is 82.8 cm³/mol. The number of oxime groups is 1. The van der Waals surface area contributed by atoms with Gasteiger partial charge in [-0.15, -0.1) is 11.3 Å². The summed E-state index contributed by atoms with van der Waals surface area (Å²) >= 11 is 1.58. The molecule has 0 aliphatic rings. The van der Waals surface area contributed by atoms with Gasteiger partial charge in [-0.1, -0.05) is 5.16 Å². The fraction of sp³-hybridized carbons (Fsp3) is 0.286.